The van der Waals surface area contributed by atoms with Crippen molar-refractivity contribution in [3.63, 3.8) is 0 Å². The average Bonchev–Trinajstić information content (AvgIpc) is 2.46. The van der Waals surface area contributed by atoms with Gasteiger partial charge in [0.2, 0.25) is 0 Å². The quantitative estimate of drug-likeness (QED) is 0.756. The molecule has 0 aliphatic carbocycles. The average molecular weight is 266 g/mol. The third-order valence-corrected chi connectivity index (χ3v) is 3.04. The monoisotopic (exact) mass is 266 g/mol. The standard InChI is InChI=1S/C18H18O2/c1-14(15(2)19)11-17-9-6-10-18(12-17)20-13-16-7-4-3-5-8-16/h3-12H,13H2,1-2H3/b14-11-. The zero-order chi connectivity index (χ0) is 14.4. The molecule has 0 fully saturated rings. The summed E-state index contributed by atoms with van der Waals surface area (Å²) in [5.41, 5.74) is 2.85. The number of carbonyl (C=O) groups excluding carboxylic acids is 1. The highest BCUT2D eigenvalue weighted by Crippen LogP contribution is 2.17. The van der Waals surface area contributed by atoms with Crippen LogP contribution in [0.25, 0.3) is 6.08 Å². The van der Waals surface area contributed by atoms with Crippen LogP contribution in [0.5, 0.6) is 5.75 Å². The number of ketones is 1. The van der Waals surface area contributed by atoms with Gasteiger partial charge in [0.15, 0.2) is 5.78 Å². The van der Waals surface area contributed by atoms with Gasteiger partial charge in [-0.2, -0.15) is 0 Å². The third-order valence-electron chi connectivity index (χ3n) is 3.04. The first-order valence-electron chi connectivity index (χ1n) is 6.61. The predicted octanol–water partition coefficient (Wildman–Crippen LogP) is 4.26. The maximum atomic E-state index is 11.2. The van der Waals surface area contributed by atoms with Gasteiger partial charge < -0.3 is 4.74 Å². The van der Waals surface area contributed by atoms with Crippen molar-refractivity contribution in [1.29, 1.82) is 0 Å². The first-order chi connectivity index (χ1) is 9.65. The minimum Gasteiger partial charge on any atom is -0.489 e. The van der Waals surface area contributed by atoms with E-state index < -0.39 is 0 Å². The van der Waals surface area contributed by atoms with E-state index in [4.69, 9.17) is 4.74 Å². The van der Waals surface area contributed by atoms with Crippen molar-refractivity contribution in [2.24, 2.45) is 0 Å². The van der Waals surface area contributed by atoms with Gasteiger partial charge in [-0.3, -0.25) is 4.79 Å². The van der Waals surface area contributed by atoms with Gasteiger partial charge in [-0.1, -0.05) is 42.5 Å². The first-order valence-corrected chi connectivity index (χ1v) is 6.61. The predicted molar refractivity (Wildman–Crippen MR) is 81.5 cm³/mol. The first kappa shape index (κ1) is 14.1. The van der Waals surface area contributed by atoms with E-state index in [1.165, 1.54) is 0 Å². The second-order valence-corrected chi connectivity index (χ2v) is 4.73. The lowest BCUT2D eigenvalue weighted by Crippen LogP contribution is -1.95. The Morgan fingerprint density at radius 2 is 1.80 bits per heavy atom. The van der Waals surface area contributed by atoms with Crippen LogP contribution in [0.15, 0.2) is 60.2 Å². The lowest BCUT2D eigenvalue weighted by Gasteiger charge is -2.07. The Kier molecular flexibility index (Phi) is 4.72. The van der Waals surface area contributed by atoms with Gasteiger partial charge in [-0.05, 0) is 48.8 Å². The van der Waals surface area contributed by atoms with Crippen LogP contribution < -0.4 is 4.74 Å². The minimum absolute atomic E-state index is 0.0839. The summed E-state index contributed by atoms with van der Waals surface area (Å²) < 4.78 is 5.76. The zero-order valence-electron chi connectivity index (χ0n) is 11.8. The summed E-state index contributed by atoms with van der Waals surface area (Å²) >= 11 is 0. The van der Waals surface area contributed by atoms with Crippen LogP contribution in [0.2, 0.25) is 0 Å². The summed E-state index contributed by atoms with van der Waals surface area (Å²) in [6, 6.07) is 17.8. The number of hydrogen-bond acceptors (Lipinski definition) is 2. The Balaban J connectivity index is 2.07. The molecule has 0 amide bonds. The van der Waals surface area contributed by atoms with E-state index in [1.54, 1.807) is 6.92 Å². The Labute approximate surface area is 119 Å². The van der Waals surface area contributed by atoms with Crippen LogP contribution in [-0.4, -0.2) is 5.78 Å². The normalized spacial score (nSPS) is 11.2. The molecule has 0 N–H and O–H groups in total. The van der Waals surface area contributed by atoms with Gasteiger partial charge >= 0.3 is 0 Å². The maximum absolute atomic E-state index is 11.2. The molecular weight excluding hydrogens is 248 g/mol. The second-order valence-electron chi connectivity index (χ2n) is 4.73. The lowest BCUT2D eigenvalue weighted by molar-refractivity contribution is -0.113. The Morgan fingerprint density at radius 3 is 2.50 bits per heavy atom. The molecule has 20 heavy (non-hydrogen) atoms. The number of rotatable bonds is 5. The molecule has 0 spiro atoms. The molecule has 2 heteroatoms. The van der Waals surface area contributed by atoms with E-state index in [-0.39, 0.29) is 5.78 Å². The van der Waals surface area contributed by atoms with E-state index in [9.17, 15) is 4.79 Å². The minimum atomic E-state index is 0.0839. The van der Waals surface area contributed by atoms with Crippen LogP contribution in [0.3, 0.4) is 0 Å². The smallest absolute Gasteiger partial charge is 0.155 e. The summed E-state index contributed by atoms with van der Waals surface area (Å²) in [6.07, 6.45) is 1.87. The third kappa shape index (κ3) is 4.09. The van der Waals surface area contributed by atoms with Gasteiger partial charge in [0.25, 0.3) is 0 Å². The SMILES string of the molecule is CC(=O)/C(C)=C\c1cccc(OCc2ccccc2)c1. The molecule has 102 valence electrons. The lowest BCUT2D eigenvalue weighted by atomic mass is 10.1. The molecule has 0 aliphatic heterocycles. The number of carbonyl (C=O) groups is 1. The number of benzene rings is 2. The molecule has 2 nitrogen and oxygen atoms in total. The van der Waals surface area contributed by atoms with E-state index >= 15 is 0 Å². The van der Waals surface area contributed by atoms with Crippen LogP contribution in [0.4, 0.5) is 0 Å². The molecule has 0 unspecified atom stereocenters. The Bertz CT molecular complexity index is 612. The Hall–Kier alpha value is -2.35. The van der Waals surface area contributed by atoms with E-state index in [1.807, 2.05) is 67.6 Å². The van der Waals surface area contributed by atoms with Crippen molar-refractivity contribution in [3.8, 4) is 5.75 Å². The highest BCUT2D eigenvalue weighted by atomic mass is 16.5. The topological polar surface area (TPSA) is 26.3 Å². The highest BCUT2D eigenvalue weighted by molar-refractivity contribution is 5.97. The number of ether oxygens (including phenoxy) is 1. The van der Waals surface area contributed by atoms with E-state index in [0.717, 1.165) is 22.4 Å². The van der Waals surface area contributed by atoms with Crippen molar-refractivity contribution < 1.29 is 9.53 Å². The Morgan fingerprint density at radius 1 is 1.05 bits per heavy atom. The number of hydrogen-bond donors (Lipinski definition) is 0. The van der Waals surface area contributed by atoms with Crippen molar-refractivity contribution in [2.75, 3.05) is 0 Å². The van der Waals surface area contributed by atoms with Gasteiger partial charge in [0, 0.05) is 0 Å². The summed E-state index contributed by atoms with van der Waals surface area (Å²) in [5.74, 6) is 0.888. The molecule has 0 atom stereocenters. The fourth-order valence-electron chi connectivity index (χ4n) is 1.79. The van der Waals surface area contributed by atoms with Gasteiger partial charge in [-0.15, -0.1) is 0 Å². The molecule has 2 aromatic rings. The van der Waals surface area contributed by atoms with Gasteiger partial charge in [-0.25, -0.2) is 0 Å². The van der Waals surface area contributed by atoms with Crippen LogP contribution in [-0.2, 0) is 11.4 Å². The molecule has 0 radical (unpaired) electrons. The van der Waals surface area contributed by atoms with Crippen LogP contribution in [0, 0.1) is 0 Å². The van der Waals surface area contributed by atoms with Crippen molar-refractivity contribution in [2.45, 2.75) is 20.5 Å². The van der Waals surface area contributed by atoms with Crippen molar-refractivity contribution in [3.05, 3.63) is 71.3 Å². The van der Waals surface area contributed by atoms with E-state index in [2.05, 4.69) is 0 Å². The molecule has 0 aromatic heterocycles. The molecule has 0 saturated heterocycles. The number of allylic oxidation sites excluding steroid dienone is 1. The van der Waals surface area contributed by atoms with Gasteiger partial charge in [0.05, 0.1) is 0 Å². The summed E-state index contributed by atoms with van der Waals surface area (Å²) in [5, 5.41) is 0. The molecule has 0 saturated carbocycles. The molecule has 0 heterocycles. The zero-order valence-corrected chi connectivity index (χ0v) is 11.8. The fraction of sp³-hybridized carbons (Fsp3) is 0.167. The van der Waals surface area contributed by atoms with Crippen LogP contribution in [0.1, 0.15) is 25.0 Å². The maximum Gasteiger partial charge on any atom is 0.155 e. The summed E-state index contributed by atoms with van der Waals surface area (Å²) in [6.45, 7) is 3.93. The van der Waals surface area contributed by atoms with Crippen molar-refractivity contribution >= 4 is 11.9 Å². The van der Waals surface area contributed by atoms with Crippen molar-refractivity contribution in [1.82, 2.24) is 0 Å². The van der Waals surface area contributed by atoms with Crippen LogP contribution >= 0.6 is 0 Å². The van der Waals surface area contributed by atoms with Gasteiger partial charge in [0.1, 0.15) is 12.4 Å². The highest BCUT2D eigenvalue weighted by Gasteiger charge is 1.99. The van der Waals surface area contributed by atoms with E-state index in [0.29, 0.717) is 6.61 Å². The molecule has 0 bridgehead atoms. The largest absolute Gasteiger partial charge is 0.489 e. The summed E-state index contributed by atoms with van der Waals surface area (Å²) in [7, 11) is 0. The summed E-state index contributed by atoms with van der Waals surface area (Å²) in [4.78, 5) is 11.2. The molecule has 2 rings (SSSR count). The number of Topliss-reactive ketones (excluding diaryl/α,β-unsaturated/α-hetero) is 1. The second kappa shape index (κ2) is 6.71. The fourth-order valence-corrected chi connectivity index (χ4v) is 1.79. The molecule has 0 aliphatic rings. The molecule has 2 aromatic carbocycles. The molecular formula is C18H18O2.